The standard InChI is InChI=1S/C14H19N3/c1-3-13(15)8-12-4-6-14(7-5-12)17-10-11(2)9-16-17/h4-7,9-10,13H,3,8,15H2,1-2H3. The van der Waals surface area contributed by atoms with E-state index in [0.29, 0.717) is 0 Å². The summed E-state index contributed by atoms with van der Waals surface area (Å²) in [6.45, 7) is 4.16. The Balaban J connectivity index is 2.13. The Labute approximate surface area is 102 Å². The Morgan fingerprint density at radius 2 is 2.00 bits per heavy atom. The summed E-state index contributed by atoms with van der Waals surface area (Å²) >= 11 is 0. The van der Waals surface area contributed by atoms with E-state index in [1.54, 1.807) is 0 Å². The van der Waals surface area contributed by atoms with Crippen molar-refractivity contribution in [1.29, 1.82) is 0 Å². The molecule has 0 saturated carbocycles. The molecule has 0 aliphatic rings. The van der Waals surface area contributed by atoms with E-state index < -0.39 is 0 Å². The van der Waals surface area contributed by atoms with Gasteiger partial charge in [-0.25, -0.2) is 4.68 Å². The third kappa shape index (κ3) is 2.94. The topological polar surface area (TPSA) is 43.8 Å². The van der Waals surface area contributed by atoms with Gasteiger partial charge in [0.25, 0.3) is 0 Å². The van der Waals surface area contributed by atoms with Crippen molar-refractivity contribution in [3.05, 3.63) is 47.8 Å². The maximum absolute atomic E-state index is 5.94. The Hall–Kier alpha value is -1.61. The summed E-state index contributed by atoms with van der Waals surface area (Å²) in [6.07, 6.45) is 5.84. The van der Waals surface area contributed by atoms with Gasteiger partial charge in [0, 0.05) is 12.2 Å². The van der Waals surface area contributed by atoms with Gasteiger partial charge in [-0.05, 0) is 43.0 Å². The minimum absolute atomic E-state index is 0.257. The zero-order valence-electron chi connectivity index (χ0n) is 10.4. The quantitative estimate of drug-likeness (QED) is 0.875. The SMILES string of the molecule is CCC(N)Cc1ccc(-n2cc(C)cn2)cc1. The smallest absolute Gasteiger partial charge is 0.0645 e. The lowest BCUT2D eigenvalue weighted by atomic mass is 10.0. The van der Waals surface area contributed by atoms with Gasteiger partial charge < -0.3 is 5.73 Å². The summed E-state index contributed by atoms with van der Waals surface area (Å²) in [6, 6.07) is 8.69. The van der Waals surface area contributed by atoms with Gasteiger partial charge in [-0.1, -0.05) is 19.1 Å². The zero-order valence-corrected chi connectivity index (χ0v) is 10.4. The second kappa shape index (κ2) is 5.15. The van der Waals surface area contributed by atoms with E-state index >= 15 is 0 Å². The van der Waals surface area contributed by atoms with Crippen LogP contribution in [-0.2, 0) is 6.42 Å². The number of hydrogen-bond donors (Lipinski definition) is 1. The summed E-state index contributed by atoms with van der Waals surface area (Å²) in [4.78, 5) is 0. The number of benzene rings is 1. The molecule has 2 N–H and O–H groups in total. The minimum atomic E-state index is 0.257. The highest BCUT2D eigenvalue weighted by Crippen LogP contribution is 2.11. The van der Waals surface area contributed by atoms with E-state index in [1.165, 1.54) is 11.1 Å². The molecule has 0 amide bonds. The maximum Gasteiger partial charge on any atom is 0.0645 e. The van der Waals surface area contributed by atoms with Gasteiger partial charge in [0.2, 0.25) is 0 Å². The molecular weight excluding hydrogens is 210 g/mol. The fourth-order valence-electron chi connectivity index (χ4n) is 1.79. The van der Waals surface area contributed by atoms with E-state index in [2.05, 4.69) is 36.3 Å². The highest BCUT2D eigenvalue weighted by molar-refractivity contribution is 5.34. The summed E-state index contributed by atoms with van der Waals surface area (Å²) in [5.74, 6) is 0. The van der Waals surface area contributed by atoms with Crippen LogP contribution in [-0.4, -0.2) is 15.8 Å². The molecule has 0 saturated heterocycles. The summed E-state index contributed by atoms with van der Waals surface area (Å²) in [5, 5.41) is 4.28. The van der Waals surface area contributed by atoms with Crippen LogP contribution < -0.4 is 5.73 Å². The van der Waals surface area contributed by atoms with E-state index in [9.17, 15) is 0 Å². The van der Waals surface area contributed by atoms with Gasteiger partial charge in [0.1, 0.15) is 0 Å². The molecule has 1 aromatic heterocycles. The first-order valence-electron chi connectivity index (χ1n) is 6.05. The normalized spacial score (nSPS) is 12.6. The maximum atomic E-state index is 5.94. The Morgan fingerprint density at radius 1 is 1.29 bits per heavy atom. The first-order chi connectivity index (χ1) is 8.19. The monoisotopic (exact) mass is 229 g/mol. The van der Waals surface area contributed by atoms with E-state index in [1.807, 2.05) is 24.0 Å². The molecule has 3 heteroatoms. The van der Waals surface area contributed by atoms with Crippen LogP contribution >= 0.6 is 0 Å². The van der Waals surface area contributed by atoms with Crippen molar-refractivity contribution >= 4 is 0 Å². The molecule has 90 valence electrons. The average Bonchev–Trinajstić information content (AvgIpc) is 2.77. The highest BCUT2D eigenvalue weighted by atomic mass is 15.3. The minimum Gasteiger partial charge on any atom is -0.327 e. The molecule has 1 atom stereocenters. The summed E-state index contributed by atoms with van der Waals surface area (Å²) in [5.41, 5.74) is 9.48. The molecule has 0 radical (unpaired) electrons. The second-order valence-corrected chi connectivity index (χ2v) is 4.50. The van der Waals surface area contributed by atoms with Crippen molar-refractivity contribution in [2.75, 3.05) is 0 Å². The number of nitrogens with two attached hydrogens (primary N) is 1. The molecule has 2 aromatic rings. The van der Waals surface area contributed by atoms with Gasteiger partial charge in [-0.15, -0.1) is 0 Å². The van der Waals surface area contributed by atoms with E-state index in [0.717, 1.165) is 18.5 Å². The first-order valence-corrected chi connectivity index (χ1v) is 6.05. The van der Waals surface area contributed by atoms with Crippen molar-refractivity contribution < 1.29 is 0 Å². The lowest BCUT2D eigenvalue weighted by Gasteiger charge is -2.09. The van der Waals surface area contributed by atoms with Crippen LogP contribution in [0.3, 0.4) is 0 Å². The van der Waals surface area contributed by atoms with Crippen molar-refractivity contribution in [2.45, 2.75) is 32.7 Å². The highest BCUT2D eigenvalue weighted by Gasteiger charge is 2.02. The zero-order chi connectivity index (χ0) is 12.3. The fourth-order valence-corrected chi connectivity index (χ4v) is 1.79. The molecule has 0 aliphatic heterocycles. The fraction of sp³-hybridized carbons (Fsp3) is 0.357. The average molecular weight is 229 g/mol. The van der Waals surface area contributed by atoms with Gasteiger partial charge in [-0.2, -0.15) is 5.10 Å². The molecule has 1 heterocycles. The lowest BCUT2D eigenvalue weighted by molar-refractivity contribution is 0.646. The Morgan fingerprint density at radius 3 is 2.53 bits per heavy atom. The Bertz CT molecular complexity index is 470. The molecule has 0 spiro atoms. The third-order valence-corrected chi connectivity index (χ3v) is 2.93. The molecule has 1 unspecified atom stereocenters. The summed E-state index contributed by atoms with van der Waals surface area (Å²) in [7, 11) is 0. The number of rotatable bonds is 4. The molecule has 0 aliphatic carbocycles. The second-order valence-electron chi connectivity index (χ2n) is 4.50. The van der Waals surface area contributed by atoms with E-state index in [-0.39, 0.29) is 6.04 Å². The predicted octanol–water partition coefficient (Wildman–Crippen LogP) is 2.46. The van der Waals surface area contributed by atoms with Crippen molar-refractivity contribution in [3.63, 3.8) is 0 Å². The molecule has 3 nitrogen and oxygen atoms in total. The largest absolute Gasteiger partial charge is 0.327 e. The predicted molar refractivity (Wildman–Crippen MR) is 70.3 cm³/mol. The van der Waals surface area contributed by atoms with Gasteiger partial charge in [0.15, 0.2) is 0 Å². The van der Waals surface area contributed by atoms with Crippen LogP contribution in [0.25, 0.3) is 5.69 Å². The molecule has 1 aromatic carbocycles. The van der Waals surface area contributed by atoms with Crippen molar-refractivity contribution in [2.24, 2.45) is 5.73 Å². The van der Waals surface area contributed by atoms with Gasteiger partial charge >= 0.3 is 0 Å². The molecule has 0 fully saturated rings. The molecule has 2 rings (SSSR count). The van der Waals surface area contributed by atoms with Crippen LogP contribution in [0.1, 0.15) is 24.5 Å². The molecule has 17 heavy (non-hydrogen) atoms. The van der Waals surface area contributed by atoms with Crippen LogP contribution in [0, 0.1) is 6.92 Å². The van der Waals surface area contributed by atoms with Crippen molar-refractivity contribution in [3.8, 4) is 5.69 Å². The molecular formula is C14H19N3. The van der Waals surface area contributed by atoms with Crippen LogP contribution in [0.4, 0.5) is 0 Å². The third-order valence-electron chi connectivity index (χ3n) is 2.93. The number of hydrogen-bond acceptors (Lipinski definition) is 2. The number of nitrogens with zero attached hydrogens (tertiary/aromatic N) is 2. The van der Waals surface area contributed by atoms with E-state index in [4.69, 9.17) is 5.73 Å². The summed E-state index contributed by atoms with van der Waals surface area (Å²) < 4.78 is 1.89. The first kappa shape index (κ1) is 11.9. The van der Waals surface area contributed by atoms with Crippen molar-refractivity contribution in [1.82, 2.24) is 9.78 Å². The van der Waals surface area contributed by atoms with Crippen LogP contribution in [0.15, 0.2) is 36.7 Å². The Kier molecular flexibility index (Phi) is 3.59. The number of aryl methyl sites for hydroxylation is 1. The van der Waals surface area contributed by atoms with Gasteiger partial charge in [0.05, 0.1) is 11.9 Å². The molecule has 0 bridgehead atoms. The lowest BCUT2D eigenvalue weighted by Crippen LogP contribution is -2.21. The van der Waals surface area contributed by atoms with Crippen LogP contribution in [0.2, 0.25) is 0 Å². The van der Waals surface area contributed by atoms with Gasteiger partial charge in [-0.3, -0.25) is 0 Å². The van der Waals surface area contributed by atoms with Crippen LogP contribution in [0.5, 0.6) is 0 Å². The number of aromatic nitrogens is 2.